The molecule has 28 heavy (non-hydrogen) atoms. The second-order valence-corrected chi connectivity index (χ2v) is 8.38. The number of phenols is 1. The van der Waals surface area contributed by atoms with Crippen LogP contribution < -0.4 is 5.32 Å². The molecule has 1 heterocycles. The molecule has 0 unspecified atom stereocenters. The van der Waals surface area contributed by atoms with Gasteiger partial charge < -0.3 is 5.11 Å². The molecule has 2 N–H and O–H groups in total. The molecule has 11 heteroatoms. The second kappa shape index (κ2) is 7.44. The van der Waals surface area contributed by atoms with E-state index in [1.54, 1.807) is 12.1 Å². The van der Waals surface area contributed by atoms with Crippen molar-refractivity contribution in [3.63, 3.8) is 0 Å². The minimum atomic E-state index is -4.02. The minimum Gasteiger partial charge on any atom is -0.507 e. The Kier molecular flexibility index (Phi) is 5.21. The summed E-state index contributed by atoms with van der Waals surface area (Å²) < 4.78 is 28.3. The standard InChI is InChI=1S/C17H13N3O6S2/c1-10-2-5-13(6-3-10)28(25,26)19-17-18-16(22)15(27-17)9-11-8-12(20(23)24)4-7-14(11)21/h2-9,21H,1H3,(H,18,19,22)/b15-9+. The lowest BCUT2D eigenvalue weighted by Gasteiger charge is -2.00. The van der Waals surface area contributed by atoms with E-state index in [-0.39, 0.29) is 32.0 Å². The molecule has 144 valence electrons. The summed E-state index contributed by atoms with van der Waals surface area (Å²) in [5, 5.41) is 22.9. The zero-order valence-corrected chi connectivity index (χ0v) is 16.0. The third kappa shape index (κ3) is 4.21. The van der Waals surface area contributed by atoms with Crippen molar-refractivity contribution >= 4 is 44.6 Å². The van der Waals surface area contributed by atoms with Gasteiger partial charge in [-0.3, -0.25) is 20.2 Å². The first-order chi connectivity index (χ1) is 13.2. The molecule has 1 fully saturated rings. The summed E-state index contributed by atoms with van der Waals surface area (Å²) >= 11 is 0.752. The fourth-order valence-electron chi connectivity index (χ4n) is 2.26. The predicted octanol–water partition coefficient (Wildman–Crippen LogP) is 2.56. The summed E-state index contributed by atoms with van der Waals surface area (Å²) in [6, 6.07) is 9.45. The zero-order chi connectivity index (χ0) is 20.5. The number of benzene rings is 2. The number of carbonyl (C=O) groups excluding carboxylic acids is 1. The van der Waals surface area contributed by atoms with Crippen molar-refractivity contribution in [2.45, 2.75) is 11.8 Å². The number of hydrogen-bond acceptors (Lipinski definition) is 7. The van der Waals surface area contributed by atoms with Gasteiger partial charge in [-0.05, 0) is 43.0 Å². The third-order valence-corrected chi connectivity index (χ3v) is 6.00. The number of amidine groups is 1. The number of phenolic OH excluding ortho intramolecular Hbond substituents is 1. The van der Waals surface area contributed by atoms with Crippen LogP contribution in [0.2, 0.25) is 0 Å². The number of non-ortho nitro benzene ring substituents is 1. The van der Waals surface area contributed by atoms with E-state index in [9.17, 15) is 28.4 Å². The van der Waals surface area contributed by atoms with E-state index in [1.165, 1.54) is 18.2 Å². The highest BCUT2D eigenvalue weighted by Crippen LogP contribution is 2.31. The topological polar surface area (TPSA) is 139 Å². The van der Waals surface area contributed by atoms with Crippen molar-refractivity contribution in [3.05, 3.63) is 68.6 Å². The quantitative estimate of drug-likeness (QED) is 0.441. The average molecular weight is 419 g/mol. The van der Waals surface area contributed by atoms with E-state index >= 15 is 0 Å². The van der Waals surface area contributed by atoms with E-state index in [2.05, 4.69) is 9.71 Å². The first-order valence-corrected chi connectivity index (χ1v) is 10.0. The van der Waals surface area contributed by atoms with Crippen molar-refractivity contribution < 1.29 is 23.2 Å². The molecule has 0 radical (unpaired) electrons. The summed E-state index contributed by atoms with van der Waals surface area (Å²) in [4.78, 5) is 22.3. The van der Waals surface area contributed by atoms with Gasteiger partial charge in [-0.15, -0.1) is 4.40 Å². The fourth-order valence-corrected chi connectivity index (χ4v) is 4.23. The molecule has 0 aromatic heterocycles. The predicted molar refractivity (Wildman–Crippen MR) is 104 cm³/mol. The van der Waals surface area contributed by atoms with E-state index in [4.69, 9.17) is 0 Å². The fraction of sp³-hybridized carbons (Fsp3) is 0.0588. The number of thioether (sulfide) groups is 1. The normalized spacial score (nSPS) is 17.1. The van der Waals surface area contributed by atoms with Crippen molar-refractivity contribution in [2.75, 3.05) is 0 Å². The number of rotatable bonds is 4. The Hall–Kier alpha value is -3.18. The monoisotopic (exact) mass is 419 g/mol. The lowest BCUT2D eigenvalue weighted by atomic mass is 10.1. The molecule has 1 aliphatic heterocycles. The molecule has 2 aromatic carbocycles. The van der Waals surface area contributed by atoms with Crippen LogP contribution in [-0.4, -0.2) is 29.5 Å². The smallest absolute Gasteiger partial charge is 0.284 e. The summed E-state index contributed by atoms with van der Waals surface area (Å²) in [7, 11) is -4.02. The summed E-state index contributed by atoms with van der Waals surface area (Å²) in [5.41, 5.74) is 0.676. The maximum Gasteiger partial charge on any atom is 0.284 e. The van der Waals surface area contributed by atoms with Gasteiger partial charge in [-0.1, -0.05) is 17.7 Å². The van der Waals surface area contributed by atoms with E-state index in [1.807, 2.05) is 6.92 Å². The maximum atomic E-state index is 12.4. The Morgan fingerprint density at radius 1 is 1.21 bits per heavy atom. The number of nitrogens with zero attached hydrogens (tertiary/aromatic N) is 2. The molecular weight excluding hydrogens is 406 g/mol. The van der Waals surface area contributed by atoms with Gasteiger partial charge in [0, 0.05) is 17.7 Å². The number of amides is 1. The van der Waals surface area contributed by atoms with Crippen LogP contribution in [0.3, 0.4) is 0 Å². The molecule has 9 nitrogen and oxygen atoms in total. The van der Waals surface area contributed by atoms with Crippen LogP contribution in [0.5, 0.6) is 5.75 Å². The number of sulfonamides is 1. The molecule has 0 bridgehead atoms. The summed E-state index contributed by atoms with van der Waals surface area (Å²) in [5.74, 6) is -0.891. The SMILES string of the molecule is Cc1ccc(S(=O)(=O)N=C2NC(=O)/C(=C\c3cc([N+](=O)[O-])ccc3O)S2)cc1. The van der Waals surface area contributed by atoms with E-state index in [0.717, 1.165) is 35.5 Å². The molecule has 0 spiro atoms. The Morgan fingerprint density at radius 2 is 1.89 bits per heavy atom. The largest absolute Gasteiger partial charge is 0.507 e. The number of nitro benzene ring substituents is 1. The molecular formula is C17H13N3O6S2. The van der Waals surface area contributed by atoms with Gasteiger partial charge in [-0.2, -0.15) is 8.42 Å². The first-order valence-electron chi connectivity index (χ1n) is 7.76. The Labute approximate surface area is 164 Å². The molecule has 2 aromatic rings. The van der Waals surface area contributed by atoms with Crippen LogP contribution in [0.4, 0.5) is 5.69 Å². The second-order valence-electron chi connectivity index (χ2n) is 5.75. The van der Waals surface area contributed by atoms with Gasteiger partial charge in [0.2, 0.25) is 0 Å². The van der Waals surface area contributed by atoms with Gasteiger partial charge in [0.15, 0.2) is 5.17 Å². The summed E-state index contributed by atoms with van der Waals surface area (Å²) in [6.07, 6.45) is 1.23. The maximum absolute atomic E-state index is 12.4. The van der Waals surface area contributed by atoms with Crippen LogP contribution in [0, 0.1) is 17.0 Å². The summed E-state index contributed by atoms with van der Waals surface area (Å²) in [6.45, 7) is 1.82. The molecule has 1 amide bonds. The van der Waals surface area contributed by atoms with Gasteiger partial charge in [0.1, 0.15) is 5.75 Å². The third-order valence-electron chi connectivity index (χ3n) is 3.68. The van der Waals surface area contributed by atoms with Gasteiger partial charge in [-0.25, -0.2) is 0 Å². The highest BCUT2D eigenvalue weighted by atomic mass is 32.2. The molecule has 0 atom stereocenters. The number of carbonyl (C=O) groups is 1. The average Bonchev–Trinajstić information content (AvgIpc) is 2.95. The number of nitro groups is 1. The van der Waals surface area contributed by atoms with E-state index < -0.39 is 20.9 Å². The minimum absolute atomic E-state index is 0.0193. The Bertz CT molecular complexity index is 1140. The van der Waals surface area contributed by atoms with Crippen LogP contribution in [0.15, 0.2) is 56.7 Å². The van der Waals surface area contributed by atoms with Crippen molar-refractivity contribution in [2.24, 2.45) is 4.40 Å². The van der Waals surface area contributed by atoms with Gasteiger partial charge >= 0.3 is 0 Å². The molecule has 1 aliphatic rings. The van der Waals surface area contributed by atoms with Crippen LogP contribution in [0.1, 0.15) is 11.1 Å². The lowest BCUT2D eigenvalue weighted by molar-refractivity contribution is -0.384. The number of aromatic hydroxyl groups is 1. The van der Waals surface area contributed by atoms with E-state index in [0.29, 0.717) is 0 Å². The Balaban J connectivity index is 1.90. The highest BCUT2D eigenvalue weighted by molar-refractivity contribution is 8.19. The molecule has 0 aliphatic carbocycles. The highest BCUT2D eigenvalue weighted by Gasteiger charge is 2.27. The van der Waals surface area contributed by atoms with Gasteiger partial charge in [0.05, 0.1) is 14.7 Å². The van der Waals surface area contributed by atoms with Crippen LogP contribution in [0.25, 0.3) is 6.08 Å². The first kappa shape index (κ1) is 19.6. The Morgan fingerprint density at radius 3 is 2.54 bits per heavy atom. The van der Waals surface area contributed by atoms with Crippen LogP contribution >= 0.6 is 11.8 Å². The van der Waals surface area contributed by atoms with Gasteiger partial charge in [0.25, 0.3) is 21.6 Å². The van der Waals surface area contributed by atoms with Crippen LogP contribution in [-0.2, 0) is 14.8 Å². The van der Waals surface area contributed by atoms with Crippen molar-refractivity contribution in [1.82, 2.24) is 5.32 Å². The molecule has 3 rings (SSSR count). The van der Waals surface area contributed by atoms with Crippen molar-refractivity contribution in [3.8, 4) is 5.75 Å². The lowest BCUT2D eigenvalue weighted by Crippen LogP contribution is -2.20. The number of hydrogen-bond donors (Lipinski definition) is 2. The number of nitrogens with one attached hydrogen (secondary N) is 1. The zero-order valence-electron chi connectivity index (χ0n) is 14.3. The molecule has 1 saturated heterocycles. The molecule has 0 saturated carbocycles. The number of aryl methyl sites for hydroxylation is 1. The van der Waals surface area contributed by atoms with Crippen molar-refractivity contribution in [1.29, 1.82) is 0 Å².